The van der Waals surface area contributed by atoms with Crippen molar-refractivity contribution in [2.75, 3.05) is 11.4 Å². The van der Waals surface area contributed by atoms with Crippen molar-refractivity contribution in [2.45, 2.75) is 27.2 Å². The lowest BCUT2D eigenvalue weighted by Gasteiger charge is -2.25. The van der Waals surface area contributed by atoms with Crippen molar-refractivity contribution >= 4 is 22.5 Å². The summed E-state index contributed by atoms with van der Waals surface area (Å²) < 4.78 is 56.0. The Morgan fingerprint density at radius 1 is 1.28 bits per heavy atom. The van der Waals surface area contributed by atoms with Crippen molar-refractivity contribution in [2.24, 2.45) is 0 Å². The van der Waals surface area contributed by atoms with Gasteiger partial charge in [0.2, 0.25) is 0 Å². The van der Waals surface area contributed by atoms with Crippen molar-refractivity contribution in [3.05, 3.63) is 41.4 Å². The fourth-order valence-corrected chi connectivity index (χ4v) is 2.68. The number of rotatable bonds is 4. The van der Waals surface area contributed by atoms with Crippen LogP contribution >= 0.6 is 0 Å². The lowest BCUT2D eigenvalue weighted by molar-refractivity contribution is 0.156. The Labute approximate surface area is 140 Å². The molecule has 0 N–H and O–H groups in total. The molecule has 0 aliphatic rings. The zero-order chi connectivity index (χ0) is 18.3. The molecular formula is C16H15F4N5. The third-order valence-corrected chi connectivity index (χ3v) is 3.97. The van der Waals surface area contributed by atoms with Gasteiger partial charge in [-0.05, 0) is 32.9 Å². The lowest BCUT2D eigenvalue weighted by Crippen LogP contribution is -2.28. The van der Waals surface area contributed by atoms with Gasteiger partial charge in [-0.2, -0.15) is 4.98 Å². The van der Waals surface area contributed by atoms with Crippen LogP contribution in [-0.4, -0.2) is 32.6 Å². The molecule has 0 fully saturated rings. The monoisotopic (exact) mass is 353 g/mol. The summed E-state index contributed by atoms with van der Waals surface area (Å²) in [7, 11) is 0. The molecule has 0 atom stereocenters. The van der Waals surface area contributed by atoms with Gasteiger partial charge in [-0.15, -0.1) is 10.2 Å². The second-order valence-electron chi connectivity index (χ2n) is 5.51. The van der Waals surface area contributed by atoms with Gasteiger partial charge in [0.15, 0.2) is 11.6 Å². The van der Waals surface area contributed by atoms with Gasteiger partial charge < -0.3 is 4.90 Å². The number of benzene rings is 1. The van der Waals surface area contributed by atoms with E-state index in [1.54, 1.807) is 26.8 Å². The normalized spacial score (nSPS) is 12.6. The molecule has 0 bridgehead atoms. The molecule has 0 saturated heterocycles. The predicted octanol–water partition coefficient (Wildman–Crippen LogP) is 3.86. The van der Waals surface area contributed by atoms with E-state index in [0.717, 1.165) is 11.0 Å². The fourth-order valence-electron chi connectivity index (χ4n) is 2.68. The van der Waals surface area contributed by atoms with E-state index in [9.17, 15) is 17.6 Å². The topological polar surface area (TPSA) is 46.3 Å². The minimum Gasteiger partial charge on any atom is -0.324 e. The minimum absolute atomic E-state index is 0.120. The van der Waals surface area contributed by atoms with Crippen molar-refractivity contribution in [1.82, 2.24) is 19.6 Å². The molecule has 0 unspecified atom stereocenters. The second-order valence-corrected chi connectivity index (χ2v) is 5.51. The van der Waals surface area contributed by atoms with E-state index in [-0.39, 0.29) is 22.5 Å². The van der Waals surface area contributed by atoms with Gasteiger partial charge in [-0.1, -0.05) is 6.08 Å². The van der Waals surface area contributed by atoms with Gasteiger partial charge in [0.25, 0.3) is 12.2 Å². The second kappa shape index (κ2) is 6.30. The van der Waals surface area contributed by atoms with Gasteiger partial charge in [0, 0.05) is 5.70 Å². The molecule has 2 heterocycles. The molecular weight excluding hydrogens is 338 g/mol. The number of fused-ring (bicyclic) bond motifs is 3. The molecule has 3 aromatic rings. The summed E-state index contributed by atoms with van der Waals surface area (Å²) in [6, 6.07) is 2.33. The van der Waals surface area contributed by atoms with E-state index in [4.69, 9.17) is 0 Å². The molecule has 0 saturated carbocycles. The molecule has 25 heavy (non-hydrogen) atoms. The molecule has 3 rings (SSSR count). The predicted molar refractivity (Wildman–Crippen MR) is 85.7 cm³/mol. The van der Waals surface area contributed by atoms with Crippen LogP contribution < -0.4 is 4.90 Å². The zero-order valence-corrected chi connectivity index (χ0v) is 13.8. The molecule has 0 amide bonds. The number of allylic oxidation sites excluding steroid dienone is 2. The average Bonchev–Trinajstić information content (AvgIpc) is 2.95. The van der Waals surface area contributed by atoms with Crippen LogP contribution in [0.25, 0.3) is 16.7 Å². The first-order chi connectivity index (χ1) is 11.8. The van der Waals surface area contributed by atoms with Gasteiger partial charge in [0.05, 0.1) is 17.4 Å². The summed E-state index contributed by atoms with van der Waals surface area (Å²) in [5, 5.41) is 7.56. The van der Waals surface area contributed by atoms with Gasteiger partial charge in [-0.3, -0.25) is 4.40 Å². The summed E-state index contributed by atoms with van der Waals surface area (Å²) in [6.07, 6.45) is -1.11. The van der Waals surface area contributed by atoms with E-state index in [2.05, 4.69) is 15.2 Å². The SMILES string of the molecule is C/C=C(\C)N(CC(F)F)c1nc2nnc(C)n2c2ccc(F)c(F)c12. The highest BCUT2D eigenvalue weighted by atomic mass is 19.3. The van der Waals surface area contributed by atoms with E-state index >= 15 is 0 Å². The number of hydrogen-bond donors (Lipinski definition) is 0. The van der Waals surface area contributed by atoms with E-state index in [1.165, 1.54) is 10.5 Å². The maximum atomic E-state index is 14.6. The summed E-state index contributed by atoms with van der Waals surface area (Å²) >= 11 is 0. The quantitative estimate of drug-likeness (QED) is 0.668. The molecule has 1 aromatic carbocycles. The van der Waals surface area contributed by atoms with Crippen LogP contribution in [-0.2, 0) is 0 Å². The van der Waals surface area contributed by atoms with Crippen LogP contribution in [0.15, 0.2) is 23.9 Å². The maximum Gasteiger partial charge on any atom is 0.257 e. The maximum absolute atomic E-state index is 14.6. The largest absolute Gasteiger partial charge is 0.324 e. The number of anilines is 1. The van der Waals surface area contributed by atoms with Crippen LogP contribution in [0.1, 0.15) is 19.7 Å². The van der Waals surface area contributed by atoms with Crippen LogP contribution in [0.4, 0.5) is 23.4 Å². The van der Waals surface area contributed by atoms with Crippen LogP contribution in [0, 0.1) is 18.6 Å². The summed E-state index contributed by atoms with van der Waals surface area (Å²) in [5.41, 5.74) is 0.683. The molecule has 9 heteroatoms. The number of nitrogens with zero attached hydrogens (tertiary/aromatic N) is 5. The Morgan fingerprint density at radius 2 is 2.00 bits per heavy atom. The Kier molecular flexibility index (Phi) is 4.32. The number of alkyl halides is 2. The molecule has 2 aromatic heterocycles. The van der Waals surface area contributed by atoms with E-state index < -0.39 is 24.6 Å². The van der Waals surface area contributed by atoms with Crippen LogP contribution in [0.3, 0.4) is 0 Å². The Hall–Kier alpha value is -2.71. The standard InChI is InChI=1S/C16H15F4N5/c1-4-8(2)24(7-12(18)19)15-13-11(6-5-10(17)14(13)20)25-9(3)22-23-16(25)21-15/h4-6,12H,7H2,1-3H3/b8-4+. The van der Waals surface area contributed by atoms with Crippen molar-refractivity contribution in [1.29, 1.82) is 0 Å². The third kappa shape index (κ3) is 2.79. The lowest BCUT2D eigenvalue weighted by atomic mass is 10.2. The molecule has 5 nitrogen and oxygen atoms in total. The Morgan fingerprint density at radius 3 is 2.64 bits per heavy atom. The summed E-state index contributed by atoms with van der Waals surface area (Å²) in [6.45, 7) is 4.17. The smallest absolute Gasteiger partial charge is 0.257 e. The van der Waals surface area contributed by atoms with E-state index in [1.807, 2.05) is 0 Å². The Balaban J connectivity index is 2.44. The molecule has 0 aliphatic carbocycles. The van der Waals surface area contributed by atoms with Crippen LogP contribution in [0.2, 0.25) is 0 Å². The fraction of sp³-hybridized carbons (Fsp3) is 0.312. The van der Waals surface area contributed by atoms with Crippen molar-refractivity contribution < 1.29 is 17.6 Å². The van der Waals surface area contributed by atoms with Crippen molar-refractivity contribution in [3.8, 4) is 0 Å². The van der Waals surface area contributed by atoms with Crippen LogP contribution in [0.5, 0.6) is 0 Å². The Bertz CT molecular complexity index is 980. The molecule has 132 valence electrons. The van der Waals surface area contributed by atoms with Gasteiger partial charge >= 0.3 is 0 Å². The first-order valence-corrected chi connectivity index (χ1v) is 7.53. The van der Waals surface area contributed by atoms with Gasteiger partial charge in [-0.25, -0.2) is 17.6 Å². The number of hydrogen-bond acceptors (Lipinski definition) is 4. The summed E-state index contributed by atoms with van der Waals surface area (Å²) in [5.74, 6) is -1.82. The molecule has 0 spiro atoms. The number of halogens is 4. The minimum atomic E-state index is -2.70. The molecule has 0 radical (unpaired) electrons. The average molecular weight is 353 g/mol. The third-order valence-electron chi connectivity index (χ3n) is 3.97. The first kappa shape index (κ1) is 17.1. The highest BCUT2D eigenvalue weighted by Gasteiger charge is 2.24. The highest BCUT2D eigenvalue weighted by molar-refractivity contribution is 5.93. The van der Waals surface area contributed by atoms with E-state index in [0.29, 0.717) is 11.5 Å². The zero-order valence-electron chi connectivity index (χ0n) is 13.8. The first-order valence-electron chi connectivity index (χ1n) is 7.53. The highest BCUT2D eigenvalue weighted by Crippen LogP contribution is 2.32. The number of aryl methyl sites for hydroxylation is 1. The molecule has 0 aliphatic heterocycles. The van der Waals surface area contributed by atoms with Gasteiger partial charge in [0.1, 0.15) is 11.6 Å². The number of aromatic nitrogens is 4. The summed E-state index contributed by atoms with van der Waals surface area (Å²) in [4.78, 5) is 5.34. The van der Waals surface area contributed by atoms with Crippen molar-refractivity contribution in [3.63, 3.8) is 0 Å².